The Kier molecular flexibility index (Phi) is 6.89. The second kappa shape index (κ2) is 9.63. The number of rotatable bonds is 3. The number of hydrogen-bond donors (Lipinski definition) is 1. The Morgan fingerprint density at radius 2 is 1.94 bits per heavy atom. The number of aryl methyl sites for hydroxylation is 1. The number of likely N-dealkylation sites (tertiary alicyclic amines) is 1. The van der Waals surface area contributed by atoms with Gasteiger partial charge in [0, 0.05) is 42.2 Å². The van der Waals surface area contributed by atoms with Gasteiger partial charge in [-0.1, -0.05) is 29.3 Å². The Bertz CT molecular complexity index is 905. The number of aliphatic hydroxyl groups is 1. The van der Waals surface area contributed by atoms with Gasteiger partial charge in [-0.2, -0.15) is 5.10 Å². The number of piperidine rings is 1. The van der Waals surface area contributed by atoms with E-state index in [0.717, 1.165) is 12.1 Å². The first kappa shape index (κ1) is 22.2. The predicted octanol–water partition coefficient (Wildman–Crippen LogP) is 3.09. The molecule has 31 heavy (non-hydrogen) atoms. The monoisotopic (exact) mass is 468 g/mol. The Hall–Kier alpha value is -2.03. The maximum Gasteiger partial charge on any atom is 0.410 e. The summed E-state index contributed by atoms with van der Waals surface area (Å²) in [5.41, 5.74) is 1.19. The Labute approximate surface area is 191 Å². The summed E-state index contributed by atoms with van der Waals surface area (Å²) < 4.78 is 7.32. The molecule has 0 saturated carbocycles. The fourth-order valence-electron chi connectivity index (χ4n) is 4.12. The van der Waals surface area contributed by atoms with Crippen molar-refractivity contribution in [2.24, 2.45) is 5.92 Å². The summed E-state index contributed by atoms with van der Waals surface area (Å²) in [7, 11) is 0. The van der Waals surface area contributed by atoms with E-state index in [1.165, 1.54) is 0 Å². The van der Waals surface area contributed by atoms with Crippen molar-refractivity contribution in [1.82, 2.24) is 19.6 Å². The second-order valence-corrected chi connectivity index (χ2v) is 9.15. The molecule has 3 aliphatic rings. The first-order valence-corrected chi connectivity index (χ1v) is 11.3. The summed E-state index contributed by atoms with van der Waals surface area (Å²) in [6, 6.07) is 1.76. The van der Waals surface area contributed by atoms with Gasteiger partial charge in [-0.25, -0.2) is 4.79 Å². The minimum absolute atomic E-state index is 0.0428. The van der Waals surface area contributed by atoms with Gasteiger partial charge in [-0.15, -0.1) is 0 Å². The molecule has 4 rings (SSSR count). The molecule has 8 nitrogen and oxygen atoms in total. The maximum atomic E-state index is 12.8. The number of hydrogen-bond acceptors (Lipinski definition) is 5. The molecule has 1 unspecified atom stereocenters. The van der Waals surface area contributed by atoms with E-state index < -0.39 is 6.09 Å². The number of amides is 2. The maximum absolute atomic E-state index is 12.8. The Balaban J connectivity index is 1.36. The fourth-order valence-corrected chi connectivity index (χ4v) is 4.80. The Morgan fingerprint density at radius 1 is 1.16 bits per heavy atom. The van der Waals surface area contributed by atoms with Crippen molar-refractivity contribution in [1.29, 1.82) is 0 Å². The van der Waals surface area contributed by atoms with E-state index in [1.807, 2.05) is 6.08 Å². The molecule has 10 heteroatoms. The quantitative estimate of drug-likeness (QED) is 0.735. The summed E-state index contributed by atoms with van der Waals surface area (Å²) in [6.45, 7) is 2.78. The number of aliphatic hydroxyl groups excluding tert-OH is 1. The number of nitrogens with zero attached hydrogens (tertiary/aromatic N) is 4. The van der Waals surface area contributed by atoms with E-state index in [4.69, 9.17) is 27.9 Å². The first-order valence-electron chi connectivity index (χ1n) is 10.6. The van der Waals surface area contributed by atoms with Crippen LogP contribution < -0.4 is 0 Å². The summed E-state index contributed by atoms with van der Waals surface area (Å²) in [5, 5.41) is 15.3. The topological polar surface area (TPSA) is 87.9 Å². The van der Waals surface area contributed by atoms with Crippen molar-refractivity contribution in [3.63, 3.8) is 0 Å². The Morgan fingerprint density at radius 3 is 2.68 bits per heavy atom. The highest BCUT2D eigenvalue weighted by Crippen LogP contribution is 2.27. The smallest absolute Gasteiger partial charge is 0.410 e. The van der Waals surface area contributed by atoms with E-state index in [1.54, 1.807) is 26.6 Å². The summed E-state index contributed by atoms with van der Waals surface area (Å²) in [4.78, 5) is 28.8. The molecule has 0 aromatic carbocycles. The predicted molar refractivity (Wildman–Crippen MR) is 116 cm³/mol. The molecule has 0 radical (unpaired) electrons. The summed E-state index contributed by atoms with van der Waals surface area (Å²) >= 11 is 12.1. The van der Waals surface area contributed by atoms with Gasteiger partial charge in [0.2, 0.25) is 0 Å². The lowest BCUT2D eigenvalue weighted by Crippen LogP contribution is -2.40. The van der Waals surface area contributed by atoms with E-state index in [2.05, 4.69) is 5.10 Å². The van der Waals surface area contributed by atoms with Crippen LogP contribution in [0.25, 0.3) is 0 Å². The third kappa shape index (κ3) is 5.42. The van der Waals surface area contributed by atoms with Gasteiger partial charge in [0.15, 0.2) is 5.69 Å². The zero-order chi connectivity index (χ0) is 22.0. The van der Waals surface area contributed by atoms with Gasteiger partial charge < -0.3 is 19.6 Å². The van der Waals surface area contributed by atoms with Crippen LogP contribution in [0.2, 0.25) is 0 Å². The molecule has 1 aromatic rings. The number of ether oxygens (including phenoxy) is 1. The highest BCUT2D eigenvalue weighted by molar-refractivity contribution is 6.34. The molecule has 1 fully saturated rings. The number of carbonyl (C=O) groups is 2. The molecule has 0 bridgehead atoms. The lowest BCUT2D eigenvalue weighted by molar-refractivity contribution is 0.0540. The zero-order valence-electron chi connectivity index (χ0n) is 17.2. The molecule has 1 N–H and O–H groups in total. The number of allylic oxidation sites excluding steroid dienone is 3. The highest BCUT2D eigenvalue weighted by atomic mass is 35.5. The molecule has 3 heterocycles. The van der Waals surface area contributed by atoms with Gasteiger partial charge >= 0.3 is 6.09 Å². The van der Waals surface area contributed by atoms with E-state index >= 15 is 0 Å². The van der Waals surface area contributed by atoms with Crippen LogP contribution in [0.1, 0.15) is 41.9 Å². The van der Waals surface area contributed by atoms with Crippen LogP contribution in [0.5, 0.6) is 0 Å². The van der Waals surface area contributed by atoms with Crippen molar-refractivity contribution < 1.29 is 19.4 Å². The minimum atomic E-state index is -0.400. The molecular weight excluding hydrogens is 443 g/mol. The van der Waals surface area contributed by atoms with Crippen molar-refractivity contribution in [3.8, 4) is 0 Å². The van der Waals surface area contributed by atoms with Crippen molar-refractivity contribution in [2.45, 2.75) is 44.9 Å². The van der Waals surface area contributed by atoms with E-state index in [9.17, 15) is 14.7 Å². The van der Waals surface area contributed by atoms with Gasteiger partial charge in [-0.3, -0.25) is 9.48 Å². The minimum Gasteiger partial charge on any atom is -0.449 e. The van der Waals surface area contributed by atoms with Gasteiger partial charge in [0.25, 0.3) is 5.91 Å². The summed E-state index contributed by atoms with van der Waals surface area (Å²) in [5.74, 6) is -0.175. The highest BCUT2D eigenvalue weighted by Gasteiger charge is 2.27. The number of fused-ring (bicyclic) bond motifs is 1. The van der Waals surface area contributed by atoms with Crippen LogP contribution in [0, 0.1) is 5.92 Å². The molecule has 2 aliphatic heterocycles. The average Bonchev–Trinajstić information content (AvgIpc) is 3.03. The first-order chi connectivity index (χ1) is 14.9. The molecule has 168 valence electrons. The lowest BCUT2D eigenvalue weighted by Gasteiger charge is -2.28. The molecule has 1 saturated heterocycles. The standard InChI is InChI=1S/C21H26Cl2N4O4/c22-15-8-14(9-16(23)10-15)13-31-21(30)26-4-1-5-27-17(12-26)11-19(24-27)20(29)25-6-2-18(28)3-7-25/h8,10-11,14,18,28H,1-7,9,12-13H2. The number of carbonyl (C=O) groups excluding carboxylic acids is 2. The van der Waals surface area contributed by atoms with E-state index in [0.29, 0.717) is 67.7 Å². The normalized spacial score (nSPS) is 22.4. The molecule has 0 spiro atoms. The largest absolute Gasteiger partial charge is 0.449 e. The van der Waals surface area contributed by atoms with Crippen LogP contribution in [0.3, 0.4) is 0 Å². The molecule has 1 aromatic heterocycles. The molecule has 1 atom stereocenters. The van der Waals surface area contributed by atoms with Crippen LogP contribution in [0.15, 0.2) is 28.3 Å². The van der Waals surface area contributed by atoms with Gasteiger partial charge in [0.1, 0.15) is 0 Å². The number of aromatic nitrogens is 2. The molecule has 1 aliphatic carbocycles. The fraction of sp³-hybridized carbons (Fsp3) is 0.571. The SMILES string of the molecule is O=C(OCC1C=C(Cl)C=C(Cl)C1)N1CCCn2nc(C(=O)N3CCC(O)CC3)cc2C1. The summed E-state index contributed by atoms with van der Waals surface area (Å²) in [6.07, 6.45) is 5.28. The number of halogens is 2. The third-order valence-corrected chi connectivity index (χ3v) is 6.31. The van der Waals surface area contributed by atoms with Crippen LogP contribution in [-0.4, -0.2) is 69.0 Å². The van der Waals surface area contributed by atoms with Crippen LogP contribution in [-0.2, 0) is 17.8 Å². The van der Waals surface area contributed by atoms with Gasteiger partial charge in [-0.05, 0) is 37.8 Å². The van der Waals surface area contributed by atoms with E-state index in [-0.39, 0.29) is 24.5 Å². The van der Waals surface area contributed by atoms with Crippen LogP contribution >= 0.6 is 23.2 Å². The zero-order valence-corrected chi connectivity index (χ0v) is 18.7. The molecule has 2 amide bonds. The van der Waals surface area contributed by atoms with Gasteiger partial charge in [0.05, 0.1) is 24.9 Å². The van der Waals surface area contributed by atoms with Crippen molar-refractivity contribution in [3.05, 3.63) is 39.7 Å². The second-order valence-electron chi connectivity index (χ2n) is 8.23. The van der Waals surface area contributed by atoms with Crippen LogP contribution in [0.4, 0.5) is 4.79 Å². The lowest BCUT2D eigenvalue weighted by atomic mass is 10.0. The van der Waals surface area contributed by atoms with Crippen molar-refractivity contribution >= 4 is 35.2 Å². The third-order valence-electron chi connectivity index (χ3n) is 5.81. The average molecular weight is 469 g/mol. The molecular formula is C21H26Cl2N4O4. The van der Waals surface area contributed by atoms with Crippen molar-refractivity contribution in [2.75, 3.05) is 26.2 Å².